The minimum atomic E-state index is -0.0324. The molecule has 1 aliphatic heterocycles. The van der Waals surface area contributed by atoms with Gasteiger partial charge in [-0.3, -0.25) is 4.79 Å². The summed E-state index contributed by atoms with van der Waals surface area (Å²) in [5.41, 5.74) is 1.09. The molecule has 0 spiro atoms. The van der Waals surface area contributed by atoms with Crippen molar-refractivity contribution in [2.75, 3.05) is 0 Å². The van der Waals surface area contributed by atoms with E-state index in [0.717, 1.165) is 5.70 Å². The lowest BCUT2D eigenvalue weighted by molar-refractivity contribution is -0.121. The Hall–Kier alpha value is -0.440. The fraction of sp³-hybridized carbons (Fsp3) is 0.625. The normalized spacial score (nSPS) is 23.3. The van der Waals surface area contributed by atoms with E-state index in [9.17, 15) is 4.79 Å². The topological polar surface area (TPSA) is 29.1 Å². The Morgan fingerprint density at radius 3 is 2.73 bits per heavy atom. The summed E-state index contributed by atoms with van der Waals surface area (Å²) in [4.78, 5) is 11.4. The molecule has 0 bridgehead atoms. The lowest BCUT2D eigenvalue weighted by Gasteiger charge is -2.12. The molecule has 2 nitrogen and oxygen atoms in total. The van der Waals surface area contributed by atoms with Crippen molar-refractivity contribution < 1.29 is 4.79 Å². The first-order chi connectivity index (χ1) is 5.11. The third-order valence-corrected chi connectivity index (χ3v) is 2.68. The number of hydrogen-bond donors (Lipinski definition) is 1. The Bertz CT molecular complexity index is 198. The second-order valence-electron chi connectivity index (χ2n) is 3.02. The van der Waals surface area contributed by atoms with Crippen LogP contribution in [0.3, 0.4) is 0 Å². The van der Waals surface area contributed by atoms with Crippen LogP contribution in [0, 0.1) is 5.92 Å². The predicted octanol–water partition coefficient (Wildman–Crippen LogP) is 1.74. The highest BCUT2D eigenvalue weighted by atomic mass is 32.2. The van der Waals surface area contributed by atoms with Gasteiger partial charge in [0.15, 0.2) is 5.78 Å². The van der Waals surface area contributed by atoms with Crippen LogP contribution >= 0.6 is 11.8 Å². The van der Waals surface area contributed by atoms with E-state index in [1.807, 2.05) is 26.2 Å². The van der Waals surface area contributed by atoms with Crippen LogP contribution in [0.5, 0.6) is 0 Å². The van der Waals surface area contributed by atoms with Crippen molar-refractivity contribution in [3.05, 3.63) is 11.1 Å². The number of ketones is 1. The Morgan fingerprint density at radius 2 is 2.36 bits per heavy atom. The minimum Gasteiger partial charge on any atom is -0.370 e. The van der Waals surface area contributed by atoms with Crippen LogP contribution in [0.25, 0.3) is 0 Å². The van der Waals surface area contributed by atoms with Crippen LogP contribution in [0.2, 0.25) is 0 Å². The molecule has 1 heterocycles. The van der Waals surface area contributed by atoms with Gasteiger partial charge in [-0.2, -0.15) is 0 Å². The molecule has 0 saturated heterocycles. The van der Waals surface area contributed by atoms with E-state index in [0.29, 0.717) is 0 Å². The third kappa shape index (κ3) is 1.99. The maximum absolute atomic E-state index is 11.4. The molecule has 0 amide bonds. The van der Waals surface area contributed by atoms with Crippen molar-refractivity contribution in [3.8, 4) is 0 Å². The van der Waals surface area contributed by atoms with Gasteiger partial charge in [0, 0.05) is 11.6 Å². The van der Waals surface area contributed by atoms with Gasteiger partial charge in [0.25, 0.3) is 0 Å². The van der Waals surface area contributed by atoms with Crippen molar-refractivity contribution in [2.24, 2.45) is 5.92 Å². The smallest absolute Gasteiger partial charge is 0.168 e. The van der Waals surface area contributed by atoms with E-state index in [2.05, 4.69) is 5.32 Å². The Balaban J connectivity index is 2.47. The van der Waals surface area contributed by atoms with Crippen LogP contribution in [-0.2, 0) is 4.79 Å². The first-order valence-corrected chi connectivity index (χ1v) is 4.68. The fourth-order valence-electron chi connectivity index (χ4n) is 0.886. The molecule has 1 rings (SSSR count). The van der Waals surface area contributed by atoms with Crippen LogP contribution in [0.4, 0.5) is 0 Å². The fourth-order valence-corrected chi connectivity index (χ4v) is 1.95. The quantitative estimate of drug-likeness (QED) is 0.686. The molecular weight excluding hydrogens is 158 g/mol. The Labute approximate surface area is 71.4 Å². The average molecular weight is 171 g/mol. The van der Waals surface area contributed by atoms with E-state index in [-0.39, 0.29) is 17.1 Å². The maximum atomic E-state index is 11.4. The van der Waals surface area contributed by atoms with Crippen molar-refractivity contribution in [1.29, 1.82) is 0 Å². The highest BCUT2D eigenvalue weighted by Crippen LogP contribution is 2.22. The number of hydrogen-bond acceptors (Lipinski definition) is 3. The number of allylic oxidation sites excluding steroid dienone is 1. The lowest BCUT2D eigenvalue weighted by Crippen LogP contribution is -2.31. The molecule has 1 aliphatic rings. The summed E-state index contributed by atoms with van der Waals surface area (Å²) in [5, 5.41) is 5.07. The molecule has 0 radical (unpaired) electrons. The zero-order valence-electron chi connectivity index (χ0n) is 7.05. The highest BCUT2D eigenvalue weighted by Gasteiger charge is 2.23. The number of thioether (sulfide) groups is 1. The Morgan fingerprint density at radius 1 is 1.73 bits per heavy atom. The van der Waals surface area contributed by atoms with E-state index < -0.39 is 0 Å². The SMILES string of the molecule is CC1=CSC(C(=O)C(C)C)N1. The van der Waals surface area contributed by atoms with E-state index in [4.69, 9.17) is 0 Å². The van der Waals surface area contributed by atoms with Gasteiger partial charge in [-0.05, 0) is 12.3 Å². The average Bonchev–Trinajstić information content (AvgIpc) is 2.34. The predicted molar refractivity (Wildman–Crippen MR) is 48.1 cm³/mol. The summed E-state index contributed by atoms with van der Waals surface area (Å²) in [5.74, 6) is 0.405. The zero-order chi connectivity index (χ0) is 8.43. The summed E-state index contributed by atoms with van der Waals surface area (Å²) < 4.78 is 0. The minimum absolute atomic E-state index is 0.0324. The van der Waals surface area contributed by atoms with E-state index in [1.54, 1.807) is 11.8 Å². The molecule has 1 unspecified atom stereocenters. The van der Waals surface area contributed by atoms with Crippen LogP contribution in [0.15, 0.2) is 11.1 Å². The van der Waals surface area contributed by atoms with Gasteiger partial charge in [0.05, 0.1) is 0 Å². The molecule has 3 heteroatoms. The van der Waals surface area contributed by atoms with Gasteiger partial charge in [-0.1, -0.05) is 25.6 Å². The van der Waals surface area contributed by atoms with Crippen LogP contribution in [0.1, 0.15) is 20.8 Å². The van der Waals surface area contributed by atoms with Crippen LogP contribution in [-0.4, -0.2) is 11.2 Å². The van der Waals surface area contributed by atoms with Crippen molar-refractivity contribution >= 4 is 17.5 Å². The lowest BCUT2D eigenvalue weighted by atomic mass is 10.1. The largest absolute Gasteiger partial charge is 0.370 e. The molecule has 1 N–H and O–H groups in total. The molecule has 0 aliphatic carbocycles. The van der Waals surface area contributed by atoms with Gasteiger partial charge in [0.2, 0.25) is 0 Å². The van der Waals surface area contributed by atoms with Gasteiger partial charge in [-0.15, -0.1) is 0 Å². The molecule has 0 saturated carbocycles. The molecule has 0 aromatic heterocycles. The second kappa shape index (κ2) is 3.30. The van der Waals surface area contributed by atoms with Crippen molar-refractivity contribution in [1.82, 2.24) is 5.32 Å². The number of carbonyl (C=O) groups excluding carboxylic acids is 1. The number of rotatable bonds is 2. The van der Waals surface area contributed by atoms with Gasteiger partial charge < -0.3 is 5.32 Å². The van der Waals surface area contributed by atoms with Gasteiger partial charge in [-0.25, -0.2) is 0 Å². The summed E-state index contributed by atoms with van der Waals surface area (Å²) in [6.07, 6.45) is 0. The number of nitrogens with one attached hydrogen (secondary N) is 1. The standard InChI is InChI=1S/C8H13NOS/c1-5(2)7(10)8-9-6(3)4-11-8/h4-5,8-9H,1-3H3. The molecule has 0 aromatic carbocycles. The first kappa shape index (κ1) is 8.65. The zero-order valence-corrected chi connectivity index (χ0v) is 7.87. The van der Waals surface area contributed by atoms with E-state index in [1.165, 1.54) is 0 Å². The molecule has 1 atom stereocenters. The van der Waals surface area contributed by atoms with Crippen LogP contribution < -0.4 is 5.32 Å². The number of Topliss-reactive ketones (excluding diaryl/α,β-unsaturated/α-hetero) is 1. The molecular formula is C8H13NOS. The maximum Gasteiger partial charge on any atom is 0.168 e. The molecule has 0 fully saturated rings. The molecule has 62 valence electrons. The second-order valence-corrected chi connectivity index (χ2v) is 4.00. The Kier molecular flexibility index (Phi) is 2.60. The monoisotopic (exact) mass is 171 g/mol. The van der Waals surface area contributed by atoms with Gasteiger partial charge in [0.1, 0.15) is 5.37 Å². The van der Waals surface area contributed by atoms with E-state index >= 15 is 0 Å². The van der Waals surface area contributed by atoms with Crippen molar-refractivity contribution in [3.63, 3.8) is 0 Å². The molecule has 11 heavy (non-hydrogen) atoms. The highest BCUT2D eigenvalue weighted by molar-refractivity contribution is 8.03. The summed E-state index contributed by atoms with van der Waals surface area (Å²) in [6.45, 7) is 5.83. The first-order valence-electron chi connectivity index (χ1n) is 3.73. The summed E-state index contributed by atoms with van der Waals surface area (Å²) in [6, 6.07) is 0. The van der Waals surface area contributed by atoms with Gasteiger partial charge >= 0.3 is 0 Å². The summed E-state index contributed by atoms with van der Waals surface area (Å²) >= 11 is 1.56. The van der Waals surface area contributed by atoms with Crippen molar-refractivity contribution in [2.45, 2.75) is 26.1 Å². The third-order valence-electron chi connectivity index (χ3n) is 1.57. The summed E-state index contributed by atoms with van der Waals surface area (Å²) in [7, 11) is 0. The number of carbonyl (C=O) groups is 1. The molecule has 0 aromatic rings.